The van der Waals surface area contributed by atoms with Crippen LogP contribution in [0.1, 0.15) is 26.2 Å². The lowest BCUT2D eigenvalue weighted by atomic mass is 10.1. The molecule has 0 aromatic carbocycles. The second-order valence-electron chi connectivity index (χ2n) is 6.45. The third kappa shape index (κ3) is 4.71. The molecule has 0 spiro atoms. The van der Waals surface area contributed by atoms with Gasteiger partial charge in [-0.3, -0.25) is 4.79 Å². The number of ether oxygens (including phenoxy) is 1. The van der Waals surface area contributed by atoms with E-state index >= 15 is 0 Å². The van der Waals surface area contributed by atoms with Crippen molar-refractivity contribution in [2.75, 3.05) is 45.9 Å². The molecular weight excluding hydrogens is 325 g/mol. The Morgan fingerprint density at radius 2 is 1.95 bits per heavy atom. The zero-order valence-electron chi connectivity index (χ0n) is 13.3. The molecule has 1 amide bonds. The van der Waals surface area contributed by atoms with Crippen LogP contribution in [0.15, 0.2) is 0 Å². The van der Waals surface area contributed by atoms with E-state index in [1.54, 1.807) is 0 Å². The maximum absolute atomic E-state index is 12.6. The van der Waals surface area contributed by atoms with E-state index in [2.05, 4.69) is 10.2 Å². The molecule has 3 saturated heterocycles. The molecular formula is C15H29Cl2N3O2. The number of nitrogens with one attached hydrogen (secondary N) is 1. The fourth-order valence-electron chi connectivity index (χ4n) is 3.72. The standard InChI is InChI=1S/C15H27N3O2.2ClH/c1-12-14(16-5-9-20-12)15(19)18-8-4-13(11-18)10-17-6-2-3-7-17;;/h12-14,16H,2-11H2,1H3;2*1H/t12-,13?,14+;;/m1../s1. The van der Waals surface area contributed by atoms with Gasteiger partial charge < -0.3 is 19.9 Å². The van der Waals surface area contributed by atoms with E-state index in [0.29, 0.717) is 12.5 Å². The van der Waals surface area contributed by atoms with Gasteiger partial charge in [-0.15, -0.1) is 24.8 Å². The molecule has 22 heavy (non-hydrogen) atoms. The number of carbonyl (C=O) groups excluding carboxylic acids is 1. The first kappa shape index (κ1) is 20.0. The number of hydrogen-bond donors (Lipinski definition) is 1. The zero-order valence-corrected chi connectivity index (χ0v) is 15.0. The third-order valence-corrected chi connectivity index (χ3v) is 4.90. The summed E-state index contributed by atoms with van der Waals surface area (Å²) in [5.74, 6) is 0.901. The van der Waals surface area contributed by atoms with Crippen molar-refractivity contribution in [1.82, 2.24) is 15.1 Å². The second-order valence-corrected chi connectivity index (χ2v) is 6.45. The molecule has 3 aliphatic rings. The molecule has 1 N–H and O–H groups in total. The molecule has 3 rings (SSSR count). The molecule has 3 heterocycles. The van der Waals surface area contributed by atoms with Crippen LogP contribution < -0.4 is 5.32 Å². The molecule has 3 atom stereocenters. The smallest absolute Gasteiger partial charge is 0.242 e. The molecule has 5 nitrogen and oxygen atoms in total. The quantitative estimate of drug-likeness (QED) is 0.826. The fraction of sp³-hybridized carbons (Fsp3) is 0.933. The normalized spacial score (nSPS) is 32.4. The highest BCUT2D eigenvalue weighted by Crippen LogP contribution is 2.21. The first-order valence-corrected chi connectivity index (χ1v) is 8.10. The Kier molecular flexibility index (Phi) is 8.43. The van der Waals surface area contributed by atoms with Crippen LogP contribution in [0.5, 0.6) is 0 Å². The van der Waals surface area contributed by atoms with E-state index in [-0.39, 0.29) is 42.9 Å². The summed E-state index contributed by atoms with van der Waals surface area (Å²) < 4.78 is 5.59. The van der Waals surface area contributed by atoms with Crippen LogP contribution in [0.25, 0.3) is 0 Å². The van der Waals surface area contributed by atoms with Gasteiger partial charge in [0.25, 0.3) is 0 Å². The van der Waals surface area contributed by atoms with E-state index in [1.807, 2.05) is 11.8 Å². The van der Waals surface area contributed by atoms with Gasteiger partial charge in [-0.05, 0) is 45.2 Å². The summed E-state index contributed by atoms with van der Waals surface area (Å²) in [6.45, 7) is 9.01. The Bertz CT molecular complexity index is 354. The van der Waals surface area contributed by atoms with Crippen molar-refractivity contribution in [2.24, 2.45) is 5.92 Å². The summed E-state index contributed by atoms with van der Waals surface area (Å²) in [5, 5.41) is 3.31. The number of halogens is 2. The van der Waals surface area contributed by atoms with Crippen molar-refractivity contribution in [3.8, 4) is 0 Å². The summed E-state index contributed by atoms with van der Waals surface area (Å²) in [5.41, 5.74) is 0. The van der Waals surface area contributed by atoms with Crippen LogP contribution in [0.3, 0.4) is 0 Å². The SMILES string of the molecule is C[C@H]1OCCN[C@@H]1C(=O)N1CCC(CN2CCCC2)C1.Cl.Cl. The molecule has 3 aliphatic heterocycles. The summed E-state index contributed by atoms with van der Waals surface area (Å²) in [6.07, 6.45) is 3.84. The van der Waals surface area contributed by atoms with Gasteiger partial charge in [0.15, 0.2) is 0 Å². The van der Waals surface area contributed by atoms with Gasteiger partial charge in [0.2, 0.25) is 5.91 Å². The molecule has 130 valence electrons. The van der Waals surface area contributed by atoms with Crippen LogP contribution >= 0.6 is 24.8 Å². The molecule has 0 saturated carbocycles. The number of rotatable bonds is 3. The van der Waals surface area contributed by atoms with Crippen molar-refractivity contribution in [3.63, 3.8) is 0 Å². The van der Waals surface area contributed by atoms with Crippen molar-refractivity contribution in [1.29, 1.82) is 0 Å². The third-order valence-electron chi connectivity index (χ3n) is 4.90. The van der Waals surface area contributed by atoms with Gasteiger partial charge >= 0.3 is 0 Å². The Morgan fingerprint density at radius 1 is 1.23 bits per heavy atom. The number of hydrogen-bond acceptors (Lipinski definition) is 4. The minimum absolute atomic E-state index is 0. The van der Waals surface area contributed by atoms with E-state index in [0.717, 1.165) is 26.1 Å². The zero-order chi connectivity index (χ0) is 13.9. The Balaban J connectivity index is 0.00000121. The number of carbonyl (C=O) groups is 1. The summed E-state index contributed by atoms with van der Waals surface area (Å²) in [7, 11) is 0. The fourth-order valence-corrected chi connectivity index (χ4v) is 3.72. The molecule has 0 radical (unpaired) electrons. The average molecular weight is 354 g/mol. The molecule has 3 fully saturated rings. The van der Waals surface area contributed by atoms with Crippen LogP contribution in [-0.2, 0) is 9.53 Å². The monoisotopic (exact) mass is 353 g/mol. The molecule has 0 aromatic rings. The summed E-state index contributed by atoms with van der Waals surface area (Å²) in [4.78, 5) is 17.2. The van der Waals surface area contributed by atoms with Gasteiger partial charge in [0, 0.05) is 26.2 Å². The maximum atomic E-state index is 12.6. The number of amides is 1. The van der Waals surface area contributed by atoms with Crippen LogP contribution in [0, 0.1) is 5.92 Å². The maximum Gasteiger partial charge on any atom is 0.242 e. The Labute approximate surface area is 145 Å². The predicted molar refractivity (Wildman–Crippen MR) is 92.1 cm³/mol. The summed E-state index contributed by atoms with van der Waals surface area (Å²) >= 11 is 0. The van der Waals surface area contributed by atoms with Gasteiger partial charge in [0.05, 0.1) is 12.7 Å². The van der Waals surface area contributed by atoms with Crippen molar-refractivity contribution in [2.45, 2.75) is 38.3 Å². The molecule has 0 aromatic heterocycles. The summed E-state index contributed by atoms with van der Waals surface area (Å²) in [6, 6.07) is -0.144. The highest BCUT2D eigenvalue weighted by molar-refractivity contribution is 5.85. The lowest BCUT2D eigenvalue weighted by Crippen LogP contribution is -2.56. The Hall–Kier alpha value is -0.0700. The largest absolute Gasteiger partial charge is 0.375 e. The van der Waals surface area contributed by atoms with Crippen LogP contribution in [0.4, 0.5) is 0 Å². The van der Waals surface area contributed by atoms with E-state index in [4.69, 9.17) is 4.74 Å². The minimum atomic E-state index is -0.144. The van der Waals surface area contributed by atoms with Gasteiger partial charge in [-0.25, -0.2) is 0 Å². The van der Waals surface area contributed by atoms with Gasteiger partial charge in [-0.1, -0.05) is 0 Å². The number of morpholine rings is 1. The first-order chi connectivity index (χ1) is 9.74. The minimum Gasteiger partial charge on any atom is -0.375 e. The van der Waals surface area contributed by atoms with E-state index in [9.17, 15) is 4.79 Å². The number of likely N-dealkylation sites (tertiary alicyclic amines) is 2. The predicted octanol–water partition coefficient (Wildman–Crippen LogP) is 1.15. The lowest BCUT2D eigenvalue weighted by molar-refractivity contribution is -0.138. The first-order valence-electron chi connectivity index (χ1n) is 8.10. The second kappa shape index (κ2) is 9.28. The molecule has 0 aliphatic carbocycles. The van der Waals surface area contributed by atoms with E-state index < -0.39 is 0 Å². The van der Waals surface area contributed by atoms with Crippen molar-refractivity contribution in [3.05, 3.63) is 0 Å². The van der Waals surface area contributed by atoms with Crippen molar-refractivity contribution >= 4 is 30.7 Å². The van der Waals surface area contributed by atoms with Crippen LogP contribution in [0.2, 0.25) is 0 Å². The van der Waals surface area contributed by atoms with Gasteiger partial charge in [-0.2, -0.15) is 0 Å². The lowest BCUT2D eigenvalue weighted by Gasteiger charge is -2.32. The molecule has 0 bridgehead atoms. The van der Waals surface area contributed by atoms with E-state index in [1.165, 1.54) is 32.5 Å². The molecule has 1 unspecified atom stereocenters. The Morgan fingerprint density at radius 3 is 2.64 bits per heavy atom. The topological polar surface area (TPSA) is 44.8 Å². The number of nitrogens with zero attached hydrogens (tertiary/aromatic N) is 2. The van der Waals surface area contributed by atoms with Crippen LogP contribution in [-0.4, -0.2) is 73.7 Å². The highest BCUT2D eigenvalue weighted by Gasteiger charge is 2.35. The van der Waals surface area contributed by atoms with Gasteiger partial charge in [0.1, 0.15) is 6.04 Å². The molecule has 7 heteroatoms. The highest BCUT2D eigenvalue weighted by atomic mass is 35.5. The van der Waals surface area contributed by atoms with Crippen molar-refractivity contribution < 1.29 is 9.53 Å². The average Bonchev–Trinajstić information content (AvgIpc) is 3.11.